The van der Waals surface area contributed by atoms with Gasteiger partial charge in [0.15, 0.2) is 15.7 Å². The van der Waals surface area contributed by atoms with Crippen molar-refractivity contribution >= 4 is 27.0 Å². The van der Waals surface area contributed by atoms with Gasteiger partial charge in [0.05, 0.1) is 23.8 Å². The largest absolute Gasteiger partial charge is 0.348 e. The molecule has 0 saturated carbocycles. The number of para-hydroxylation sites is 1. The van der Waals surface area contributed by atoms with E-state index in [4.69, 9.17) is 6.57 Å². The van der Waals surface area contributed by atoms with Gasteiger partial charge in [-0.1, -0.05) is 30.3 Å². The Hall–Kier alpha value is -3.15. The van der Waals surface area contributed by atoms with Gasteiger partial charge < -0.3 is 5.32 Å². The molecule has 1 saturated heterocycles. The molecule has 0 radical (unpaired) electrons. The molecular formula is C21H21N5O2S. The van der Waals surface area contributed by atoms with Crippen LogP contribution in [0.1, 0.15) is 5.56 Å². The van der Waals surface area contributed by atoms with Crippen LogP contribution in [0.3, 0.4) is 0 Å². The molecule has 29 heavy (non-hydrogen) atoms. The molecule has 2 heterocycles. The van der Waals surface area contributed by atoms with Crippen LogP contribution in [0.15, 0.2) is 60.8 Å². The smallest absolute Gasteiger partial charge is 0.248 e. The molecule has 3 aromatic rings. The number of rotatable bonds is 5. The zero-order valence-electron chi connectivity index (χ0n) is 15.8. The topological polar surface area (TPSA) is 71.6 Å². The normalized spacial score (nSPS) is 16.2. The van der Waals surface area contributed by atoms with Crippen LogP contribution < -0.4 is 5.32 Å². The van der Waals surface area contributed by atoms with Crippen LogP contribution in [0, 0.1) is 6.57 Å². The van der Waals surface area contributed by atoms with E-state index < -0.39 is 9.84 Å². The Labute approximate surface area is 170 Å². The molecule has 1 aromatic heterocycles. The van der Waals surface area contributed by atoms with E-state index in [0.717, 1.165) is 23.5 Å². The molecule has 8 heteroatoms. The summed E-state index contributed by atoms with van der Waals surface area (Å²) in [5, 5.41) is 7.72. The lowest BCUT2D eigenvalue weighted by molar-refractivity contribution is 0.287. The van der Waals surface area contributed by atoms with Crippen molar-refractivity contribution in [1.29, 1.82) is 0 Å². The maximum absolute atomic E-state index is 11.5. The van der Waals surface area contributed by atoms with Gasteiger partial charge in [-0.3, -0.25) is 9.58 Å². The Morgan fingerprint density at radius 1 is 1.03 bits per heavy atom. The van der Waals surface area contributed by atoms with Gasteiger partial charge in [0.25, 0.3) is 0 Å². The van der Waals surface area contributed by atoms with Crippen molar-refractivity contribution in [3.8, 4) is 5.69 Å². The monoisotopic (exact) mass is 407 g/mol. The molecule has 0 amide bonds. The minimum absolute atomic E-state index is 0.232. The Kier molecular flexibility index (Phi) is 5.34. The molecule has 0 atom stereocenters. The maximum atomic E-state index is 11.5. The molecule has 1 N–H and O–H groups in total. The summed E-state index contributed by atoms with van der Waals surface area (Å²) in [7, 11) is -2.86. The van der Waals surface area contributed by atoms with E-state index in [0.29, 0.717) is 24.6 Å². The lowest BCUT2D eigenvalue weighted by atomic mass is 10.2. The number of sulfone groups is 1. The third kappa shape index (κ3) is 4.65. The first-order valence-corrected chi connectivity index (χ1v) is 11.2. The van der Waals surface area contributed by atoms with Crippen molar-refractivity contribution in [2.24, 2.45) is 0 Å². The molecule has 148 valence electrons. The van der Waals surface area contributed by atoms with Gasteiger partial charge in [-0.05, 0) is 29.8 Å². The first-order chi connectivity index (χ1) is 14.0. The third-order valence-corrected chi connectivity index (χ3v) is 6.51. The minimum atomic E-state index is -2.86. The van der Waals surface area contributed by atoms with Crippen molar-refractivity contribution in [3.63, 3.8) is 0 Å². The van der Waals surface area contributed by atoms with E-state index in [1.807, 2.05) is 54.6 Å². The fraction of sp³-hybridized carbons (Fsp3) is 0.238. The molecule has 1 aliphatic rings. The van der Waals surface area contributed by atoms with Crippen LogP contribution >= 0.6 is 0 Å². The molecule has 0 aliphatic carbocycles. The average Bonchev–Trinajstić information content (AvgIpc) is 3.14. The van der Waals surface area contributed by atoms with E-state index in [9.17, 15) is 8.42 Å². The second-order valence-electron chi connectivity index (χ2n) is 7.00. The summed E-state index contributed by atoms with van der Waals surface area (Å²) in [6, 6.07) is 17.6. The highest BCUT2D eigenvalue weighted by molar-refractivity contribution is 7.91. The second-order valence-corrected chi connectivity index (χ2v) is 9.31. The molecular weight excluding hydrogens is 386 g/mol. The molecule has 1 aliphatic heterocycles. The Balaban J connectivity index is 1.44. The van der Waals surface area contributed by atoms with Crippen molar-refractivity contribution in [1.82, 2.24) is 14.7 Å². The van der Waals surface area contributed by atoms with Crippen molar-refractivity contribution in [2.45, 2.75) is 6.54 Å². The standard InChI is InChI=1S/C21H21N5O2S/c1-22-20-16-26(19-5-3-2-4-6-19)24-21(20)23-18-9-7-17(8-10-18)15-25-11-13-29(27,28)14-12-25/h2-10,16H,11-15H2,(H,23,24). The summed E-state index contributed by atoms with van der Waals surface area (Å²) in [5.41, 5.74) is 3.31. The van der Waals surface area contributed by atoms with E-state index in [2.05, 4.69) is 20.2 Å². The predicted octanol–water partition coefficient (Wildman–Crippen LogP) is 3.40. The van der Waals surface area contributed by atoms with Gasteiger partial charge in [0.1, 0.15) is 0 Å². The fourth-order valence-corrected chi connectivity index (χ4v) is 4.52. The summed E-state index contributed by atoms with van der Waals surface area (Å²) in [6.07, 6.45) is 1.71. The second kappa shape index (κ2) is 8.07. The Morgan fingerprint density at radius 2 is 1.72 bits per heavy atom. The highest BCUT2D eigenvalue weighted by Crippen LogP contribution is 2.28. The van der Waals surface area contributed by atoms with Crippen LogP contribution in [0.5, 0.6) is 0 Å². The summed E-state index contributed by atoms with van der Waals surface area (Å²) in [4.78, 5) is 5.72. The molecule has 1 fully saturated rings. The summed E-state index contributed by atoms with van der Waals surface area (Å²) < 4.78 is 24.8. The zero-order valence-corrected chi connectivity index (χ0v) is 16.6. The van der Waals surface area contributed by atoms with Gasteiger partial charge in [0, 0.05) is 31.5 Å². The Morgan fingerprint density at radius 3 is 2.38 bits per heavy atom. The van der Waals surface area contributed by atoms with Crippen LogP contribution in [-0.4, -0.2) is 47.7 Å². The fourth-order valence-electron chi connectivity index (χ4n) is 3.25. The van der Waals surface area contributed by atoms with Crippen LogP contribution in [0.2, 0.25) is 0 Å². The van der Waals surface area contributed by atoms with Gasteiger partial charge >= 0.3 is 0 Å². The first-order valence-electron chi connectivity index (χ1n) is 9.34. The summed E-state index contributed by atoms with van der Waals surface area (Å²) in [6.45, 7) is 9.30. The zero-order chi connectivity index (χ0) is 20.3. The van der Waals surface area contributed by atoms with Crippen LogP contribution in [0.4, 0.5) is 17.2 Å². The number of nitrogens with one attached hydrogen (secondary N) is 1. The highest BCUT2D eigenvalue weighted by Gasteiger charge is 2.21. The minimum Gasteiger partial charge on any atom is -0.348 e. The lowest BCUT2D eigenvalue weighted by Gasteiger charge is -2.26. The summed E-state index contributed by atoms with van der Waals surface area (Å²) >= 11 is 0. The predicted molar refractivity (Wildman–Crippen MR) is 113 cm³/mol. The lowest BCUT2D eigenvalue weighted by Crippen LogP contribution is -2.39. The van der Waals surface area contributed by atoms with E-state index in [1.165, 1.54) is 0 Å². The van der Waals surface area contributed by atoms with E-state index in [-0.39, 0.29) is 11.5 Å². The summed E-state index contributed by atoms with van der Waals surface area (Å²) in [5.74, 6) is 0.976. The van der Waals surface area contributed by atoms with Crippen molar-refractivity contribution in [2.75, 3.05) is 29.9 Å². The molecule has 2 aromatic carbocycles. The number of hydrogen-bond acceptors (Lipinski definition) is 5. The molecule has 7 nitrogen and oxygen atoms in total. The maximum Gasteiger partial charge on any atom is 0.248 e. The number of nitrogens with zero attached hydrogens (tertiary/aromatic N) is 4. The first kappa shape index (κ1) is 19.2. The van der Waals surface area contributed by atoms with Gasteiger partial charge in [0.2, 0.25) is 5.69 Å². The van der Waals surface area contributed by atoms with Crippen molar-refractivity contribution in [3.05, 3.63) is 77.8 Å². The van der Waals surface area contributed by atoms with E-state index in [1.54, 1.807) is 10.9 Å². The Bertz CT molecular complexity index is 1120. The van der Waals surface area contributed by atoms with Crippen LogP contribution in [-0.2, 0) is 16.4 Å². The molecule has 0 spiro atoms. The van der Waals surface area contributed by atoms with E-state index >= 15 is 0 Å². The number of aromatic nitrogens is 2. The van der Waals surface area contributed by atoms with Gasteiger partial charge in [-0.25, -0.2) is 13.3 Å². The van der Waals surface area contributed by atoms with Crippen molar-refractivity contribution < 1.29 is 8.42 Å². The van der Waals surface area contributed by atoms with Gasteiger partial charge in [-0.15, -0.1) is 0 Å². The van der Waals surface area contributed by atoms with Gasteiger partial charge in [-0.2, -0.15) is 5.10 Å². The highest BCUT2D eigenvalue weighted by atomic mass is 32.2. The quantitative estimate of drug-likeness (QED) is 0.657. The third-order valence-electron chi connectivity index (χ3n) is 4.90. The molecule has 4 rings (SSSR count). The number of anilines is 2. The SMILES string of the molecule is [C-]#[N+]c1cn(-c2ccccc2)nc1Nc1ccc(CN2CCS(=O)(=O)CC2)cc1. The number of hydrogen-bond donors (Lipinski definition) is 1. The average molecular weight is 407 g/mol. The van der Waals surface area contributed by atoms with Crippen LogP contribution in [0.25, 0.3) is 10.5 Å². The number of benzene rings is 2. The molecule has 0 bridgehead atoms. The molecule has 0 unspecified atom stereocenters.